The van der Waals surface area contributed by atoms with Crippen LogP contribution < -0.4 is 10.6 Å². The highest BCUT2D eigenvalue weighted by atomic mass is 16.1. The maximum absolute atomic E-state index is 12.3. The van der Waals surface area contributed by atoms with Gasteiger partial charge < -0.3 is 15.6 Å². The molecule has 0 aliphatic carbocycles. The van der Waals surface area contributed by atoms with Crippen LogP contribution in [0.5, 0.6) is 0 Å². The lowest BCUT2D eigenvalue weighted by Crippen LogP contribution is -2.27. The third-order valence-electron chi connectivity index (χ3n) is 4.44. The quantitative estimate of drug-likeness (QED) is 0.691. The van der Waals surface area contributed by atoms with Gasteiger partial charge in [-0.1, -0.05) is 24.3 Å². The van der Waals surface area contributed by atoms with Crippen LogP contribution in [0.15, 0.2) is 48.5 Å². The Bertz CT molecular complexity index is 831. The number of carbonyl (C=O) groups is 1. The van der Waals surface area contributed by atoms with Crippen molar-refractivity contribution in [1.82, 2.24) is 15.3 Å². The summed E-state index contributed by atoms with van der Waals surface area (Å²) in [4.78, 5) is 20.3. The summed E-state index contributed by atoms with van der Waals surface area (Å²) in [6, 6.07) is 16.0. The smallest absolute Gasteiger partial charge is 0.225 e. The van der Waals surface area contributed by atoms with Gasteiger partial charge in [-0.3, -0.25) is 4.79 Å². The van der Waals surface area contributed by atoms with Crippen molar-refractivity contribution in [3.05, 3.63) is 48.5 Å². The summed E-state index contributed by atoms with van der Waals surface area (Å²) in [6.07, 6.45) is 2.72. The first-order valence-electron chi connectivity index (χ1n) is 8.37. The molecule has 1 aromatic heterocycles. The van der Waals surface area contributed by atoms with Crippen LogP contribution in [0.4, 0.5) is 5.69 Å². The van der Waals surface area contributed by atoms with Crippen LogP contribution in [0.2, 0.25) is 0 Å². The summed E-state index contributed by atoms with van der Waals surface area (Å²) in [6.45, 7) is 1.01. The number of nitrogens with zero attached hydrogens (tertiary/aromatic N) is 1. The molecule has 122 valence electrons. The number of fused-ring (bicyclic) bond motifs is 1. The normalized spacial score (nSPS) is 17.2. The molecule has 1 amide bonds. The summed E-state index contributed by atoms with van der Waals surface area (Å²) >= 11 is 0. The van der Waals surface area contributed by atoms with E-state index in [9.17, 15) is 4.79 Å². The molecule has 0 spiro atoms. The minimum atomic E-state index is 0.0398. The van der Waals surface area contributed by atoms with Crippen molar-refractivity contribution in [3.8, 4) is 11.4 Å². The molecule has 1 unspecified atom stereocenters. The fraction of sp³-hybridized carbons (Fsp3) is 0.263. The average Bonchev–Trinajstić information content (AvgIpc) is 3.24. The maximum Gasteiger partial charge on any atom is 0.225 e. The predicted molar refractivity (Wildman–Crippen MR) is 95.8 cm³/mol. The highest BCUT2D eigenvalue weighted by Gasteiger charge is 2.18. The zero-order valence-electron chi connectivity index (χ0n) is 13.4. The molecule has 0 radical (unpaired) electrons. The highest BCUT2D eigenvalue weighted by molar-refractivity contribution is 5.95. The summed E-state index contributed by atoms with van der Waals surface area (Å²) in [5.41, 5.74) is 3.61. The Balaban J connectivity index is 1.59. The Morgan fingerprint density at radius 3 is 2.83 bits per heavy atom. The van der Waals surface area contributed by atoms with E-state index in [4.69, 9.17) is 0 Å². The Morgan fingerprint density at radius 2 is 2.00 bits per heavy atom. The van der Waals surface area contributed by atoms with Crippen LogP contribution in [0, 0.1) is 0 Å². The van der Waals surface area contributed by atoms with Gasteiger partial charge >= 0.3 is 0 Å². The molecule has 3 N–H and O–H groups in total. The van der Waals surface area contributed by atoms with Crippen LogP contribution in [0.1, 0.15) is 19.3 Å². The number of nitrogens with one attached hydrogen (secondary N) is 3. The van der Waals surface area contributed by atoms with Crippen molar-refractivity contribution < 1.29 is 4.79 Å². The molecule has 1 fully saturated rings. The van der Waals surface area contributed by atoms with Gasteiger partial charge in [0.05, 0.1) is 16.7 Å². The second kappa shape index (κ2) is 6.45. The first-order valence-corrected chi connectivity index (χ1v) is 8.37. The van der Waals surface area contributed by atoms with E-state index in [2.05, 4.69) is 20.6 Å². The molecule has 5 nitrogen and oxygen atoms in total. The van der Waals surface area contributed by atoms with E-state index in [1.807, 2.05) is 48.5 Å². The molecule has 1 atom stereocenters. The number of amides is 1. The molecular weight excluding hydrogens is 300 g/mol. The third kappa shape index (κ3) is 3.03. The summed E-state index contributed by atoms with van der Waals surface area (Å²) in [5.74, 6) is 0.809. The fourth-order valence-electron chi connectivity index (χ4n) is 3.23. The van der Waals surface area contributed by atoms with E-state index < -0.39 is 0 Å². The van der Waals surface area contributed by atoms with E-state index >= 15 is 0 Å². The first kappa shape index (κ1) is 14.9. The number of H-pyrrole nitrogens is 1. The van der Waals surface area contributed by atoms with E-state index in [-0.39, 0.29) is 5.91 Å². The molecule has 2 heterocycles. The van der Waals surface area contributed by atoms with E-state index in [1.54, 1.807) is 0 Å². The number of hydrogen-bond donors (Lipinski definition) is 3. The van der Waals surface area contributed by atoms with Crippen molar-refractivity contribution in [1.29, 1.82) is 0 Å². The maximum atomic E-state index is 12.3. The molecule has 5 heteroatoms. The Hall–Kier alpha value is -2.66. The van der Waals surface area contributed by atoms with Crippen molar-refractivity contribution >= 4 is 22.6 Å². The molecule has 0 saturated carbocycles. The number of aromatic nitrogens is 2. The first-order chi connectivity index (χ1) is 11.8. The van der Waals surface area contributed by atoms with Gasteiger partial charge in [-0.2, -0.15) is 0 Å². The van der Waals surface area contributed by atoms with Crippen LogP contribution in [0.25, 0.3) is 22.4 Å². The molecule has 1 aliphatic rings. The Kier molecular flexibility index (Phi) is 4.01. The van der Waals surface area contributed by atoms with Gasteiger partial charge in [0.1, 0.15) is 5.82 Å². The second-order valence-electron chi connectivity index (χ2n) is 6.19. The number of benzene rings is 2. The number of carbonyl (C=O) groups excluding carboxylic acids is 1. The van der Waals surface area contributed by atoms with Crippen LogP contribution in [-0.4, -0.2) is 28.5 Å². The minimum absolute atomic E-state index is 0.0398. The Morgan fingerprint density at radius 1 is 1.17 bits per heavy atom. The molecule has 4 rings (SSSR count). The summed E-state index contributed by atoms with van der Waals surface area (Å²) < 4.78 is 0. The number of para-hydroxylation sites is 3. The fourth-order valence-corrected chi connectivity index (χ4v) is 3.23. The number of hydrogen-bond acceptors (Lipinski definition) is 3. The highest BCUT2D eigenvalue weighted by Crippen LogP contribution is 2.27. The molecule has 24 heavy (non-hydrogen) atoms. The van der Waals surface area contributed by atoms with Crippen molar-refractivity contribution in [2.24, 2.45) is 0 Å². The van der Waals surface area contributed by atoms with E-state index in [0.717, 1.165) is 47.5 Å². The zero-order chi connectivity index (χ0) is 16.4. The second-order valence-corrected chi connectivity index (χ2v) is 6.19. The van der Waals surface area contributed by atoms with Crippen molar-refractivity contribution in [2.45, 2.75) is 25.3 Å². The van der Waals surface area contributed by atoms with Gasteiger partial charge in [0, 0.05) is 18.0 Å². The Labute approximate surface area is 140 Å². The van der Waals surface area contributed by atoms with E-state index in [0.29, 0.717) is 12.5 Å². The molecule has 2 aromatic carbocycles. The summed E-state index contributed by atoms with van der Waals surface area (Å²) in [5, 5.41) is 6.40. The lowest BCUT2D eigenvalue weighted by molar-refractivity contribution is -0.116. The van der Waals surface area contributed by atoms with Crippen molar-refractivity contribution in [2.75, 3.05) is 11.9 Å². The van der Waals surface area contributed by atoms with Crippen LogP contribution >= 0.6 is 0 Å². The largest absolute Gasteiger partial charge is 0.338 e. The predicted octanol–water partition coefficient (Wildman–Crippen LogP) is 3.31. The topological polar surface area (TPSA) is 69.8 Å². The number of rotatable bonds is 4. The van der Waals surface area contributed by atoms with Crippen LogP contribution in [-0.2, 0) is 4.79 Å². The molecule has 3 aromatic rings. The molecule has 1 saturated heterocycles. The monoisotopic (exact) mass is 320 g/mol. The molecular formula is C19H20N4O. The van der Waals surface area contributed by atoms with Gasteiger partial charge in [0.25, 0.3) is 0 Å². The molecule has 0 bridgehead atoms. The van der Waals surface area contributed by atoms with Gasteiger partial charge in [0.2, 0.25) is 5.91 Å². The van der Waals surface area contributed by atoms with Gasteiger partial charge in [0.15, 0.2) is 0 Å². The zero-order valence-corrected chi connectivity index (χ0v) is 13.4. The van der Waals surface area contributed by atoms with Gasteiger partial charge in [-0.05, 0) is 43.7 Å². The number of aromatic amines is 1. The van der Waals surface area contributed by atoms with E-state index in [1.165, 1.54) is 0 Å². The SMILES string of the molecule is O=C(CC1CCCN1)Nc1ccccc1-c1nc2ccccc2[nH]1. The van der Waals surface area contributed by atoms with Gasteiger partial charge in [-0.15, -0.1) is 0 Å². The average molecular weight is 320 g/mol. The van der Waals surface area contributed by atoms with Crippen molar-refractivity contribution in [3.63, 3.8) is 0 Å². The minimum Gasteiger partial charge on any atom is -0.338 e. The molecule has 1 aliphatic heterocycles. The van der Waals surface area contributed by atoms with Crippen LogP contribution in [0.3, 0.4) is 0 Å². The van der Waals surface area contributed by atoms with Gasteiger partial charge in [-0.25, -0.2) is 4.98 Å². The summed E-state index contributed by atoms with van der Waals surface area (Å²) in [7, 11) is 0. The number of anilines is 1. The number of imidazole rings is 1. The standard InChI is InChI=1S/C19H20N4O/c24-18(12-13-6-5-11-20-13)21-15-8-2-1-7-14(15)19-22-16-9-3-4-10-17(16)23-19/h1-4,7-10,13,20H,5-6,11-12H2,(H,21,24)(H,22,23). The lowest BCUT2D eigenvalue weighted by Gasteiger charge is -2.12. The lowest BCUT2D eigenvalue weighted by atomic mass is 10.1. The third-order valence-corrected chi connectivity index (χ3v) is 4.44.